The fourth-order valence-corrected chi connectivity index (χ4v) is 3.81. The maximum absolute atomic E-state index is 12.2. The van der Waals surface area contributed by atoms with Gasteiger partial charge in [0.2, 0.25) is 12.3 Å². The number of anilines is 1. The summed E-state index contributed by atoms with van der Waals surface area (Å²) in [6, 6.07) is 4.60. The highest BCUT2D eigenvalue weighted by molar-refractivity contribution is 6.01. The topological polar surface area (TPSA) is 208 Å². The molecule has 1 saturated heterocycles. The van der Waals surface area contributed by atoms with Crippen molar-refractivity contribution in [2.75, 3.05) is 25.5 Å². The van der Waals surface area contributed by atoms with E-state index in [1.165, 1.54) is 12.0 Å². The van der Waals surface area contributed by atoms with Gasteiger partial charge in [-0.05, 0) is 30.7 Å². The summed E-state index contributed by atoms with van der Waals surface area (Å²) in [5.74, 6) is -2.69. The van der Waals surface area contributed by atoms with E-state index in [2.05, 4.69) is 25.9 Å². The Morgan fingerprint density at radius 1 is 1.37 bits per heavy atom. The van der Waals surface area contributed by atoms with Crippen LogP contribution in [0.4, 0.5) is 5.69 Å². The number of benzene rings is 1. The highest BCUT2D eigenvalue weighted by Gasteiger charge is 2.42. The second-order valence-corrected chi connectivity index (χ2v) is 7.94. The number of methoxy groups -OCH3 is 1. The van der Waals surface area contributed by atoms with Gasteiger partial charge in [0.05, 0.1) is 7.11 Å². The highest BCUT2D eigenvalue weighted by Crippen LogP contribution is 2.17. The summed E-state index contributed by atoms with van der Waals surface area (Å²) in [7, 11) is 1.35. The Morgan fingerprint density at radius 2 is 2.09 bits per heavy atom. The number of nitrogens with one attached hydrogen (secondary N) is 3. The molecule has 0 bridgehead atoms. The number of piperazine rings is 1. The summed E-state index contributed by atoms with van der Waals surface area (Å²) in [6.45, 7) is 0.692. The molecule has 3 rings (SSSR count). The summed E-state index contributed by atoms with van der Waals surface area (Å²) in [5.41, 5.74) is 6.88. The molecule has 188 valence electrons. The smallest absolute Gasteiger partial charge is 0.328 e. The number of hydrogen-bond donors (Lipinski definition) is 6. The quantitative estimate of drug-likeness (QED) is 0.126. The van der Waals surface area contributed by atoms with E-state index in [0.29, 0.717) is 18.5 Å². The van der Waals surface area contributed by atoms with E-state index in [-0.39, 0.29) is 37.3 Å². The standard InChI is InChI=1S/C21H27N7O7/c1-35-19(25-14(20(33)34)6-7-15(30)31)11-2-4-12(5-3-11)23-8-13-9-28(10-29)16-17(24-13)26-21(22)27-18(16)32/h2-5,10,13-14,16-17,23-24H,6-9H2,1H3,(H,30,31)(H,33,34)(H3,22,26,27,32). The van der Waals surface area contributed by atoms with E-state index in [1.807, 2.05) is 0 Å². The zero-order chi connectivity index (χ0) is 25.5. The van der Waals surface area contributed by atoms with Gasteiger partial charge in [-0.2, -0.15) is 0 Å². The first-order valence-corrected chi connectivity index (χ1v) is 10.7. The van der Waals surface area contributed by atoms with Gasteiger partial charge in [-0.25, -0.2) is 14.8 Å². The Labute approximate surface area is 200 Å². The number of nitrogens with two attached hydrogens (primary N) is 1. The molecule has 4 atom stereocenters. The number of carbonyl (C=O) groups excluding carboxylic acids is 2. The highest BCUT2D eigenvalue weighted by atomic mass is 16.5. The first-order valence-electron chi connectivity index (χ1n) is 10.7. The van der Waals surface area contributed by atoms with Crippen molar-refractivity contribution >= 4 is 41.8 Å². The number of guanidine groups is 1. The van der Waals surface area contributed by atoms with Crippen molar-refractivity contribution < 1.29 is 34.1 Å². The number of amides is 2. The maximum Gasteiger partial charge on any atom is 0.328 e. The van der Waals surface area contributed by atoms with E-state index in [9.17, 15) is 24.3 Å². The molecule has 1 fully saturated rings. The fraction of sp³-hybridized carbons (Fsp3) is 0.429. The Balaban J connectivity index is 1.64. The van der Waals surface area contributed by atoms with Gasteiger partial charge < -0.3 is 30.9 Å². The molecule has 0 radical (unpaired) electrons. The van der Waals surface area contributed by atoms with E-state index in [1.54, 1.807) is 24.3 Å². The second-order valence-electron chi connectivity index (χ2n) is 7.94. The molecule has 14 nitrogen and oxygen atoms in total. The molecule has 0 aliphatic carbocycles. The van der Waals surface area contributed by atoms with Crippen LogP contribution >= 0.6 is 0 Å². The van der Waals surface area contributed by atoms with Gasteiger partial charge in [-0.15, -0.1) is 0 Å². The van der Waals surface area contributed by atoms with Crippen molar-refractivity contribution in [2.45, 2.75) is 37.1 Å². The molecule has 2 amide bonds. The summed E-state index contributed by atoms with van der Waals surface area (Å²) in [4.78, 5) is 55.5. The second kappa shape index (κ2) is 11.3. The third-order valence-corrected chi connectivity index (χ3v) is 5.50. The minimum atomic E-state index is -1.25. The van der Waals surface area contributed by atoms with E-state index in [0.717, 1.165) is 5.69 Å². The van der Waals surface area contributed by atoms with Gasteiger partial charge in [-0.1, -0.05) is 0 Å². The van der Waals surface area contributed by atoms with Crippen LogP contribution in [-0.4, -0.2) is 95.7 Å². The third-order valence-electron chi connectivity index (χ3n) is 5.50. The molecule has 1 aromatic rings. The lowest BCUT2D eigenvalue weighted by Crippen LogP contribution is -2.70. The van der Waals surface area contributed by atoms with Crippen LogP contribution < -0.4 is 21.7 Å². The number of hydrogen-bond acceptors (Lipinski definition) is 10. The van der Waals surface area contributed by atoms with Crippen LogP contribution in [0, 0.1) is 0 Å². The zero-order valence-corrected chi connectivity index (χ0v) is 18.9. The number of carboxylic acid groups (broad SMARTS) is 2. The molecule has 4 unspecified atom stereocenters. The lowest BCUT2D eigenvalue weighted by atomic mass is 10.0. The molecule has 35 heavy (non-hydrogen) atoms. The Morgan fingerprint density at radius 3 is 2.69 bits per heavy atom. The van der Waals surface area contributed by atoms with Gasteiger partial charge in [0.25, 0.3) is 5.91 Å². The van der Waals surface area contributed by atoms with Gasteiger partial charge >= 0.3 is 11.9 Å². The predicted octanol–water partition coefficient (Wildman–Crippen LogP) is -1.62. The summed E-state index contributed by atoms with van der Waals surface area (Å²) >= 11 is 0. The van der Waals surface area contributed by atoms with Crippen molar-refractivity contribution in [1.29, 1.82) is 0 Å². The third kappa shape index (κ3) is 6.44. The molecule has 14 heteroatoms. The van der Waals surface area contributed by atoms with Gasteiger partial charge in [0.15, 0.2) is 12.0 Å². The van der Waals surface area contributed by atoms with Crippen LogP contribution in [0.5, 0.6) is 0 Å². The predicted molar refractivity (Wildman–Crippen MR) is 124 cm³/mol. The van der Waals surface area contributed by atoms with E-state index in [4.69, 9.17) is 15.6 Å². The van der Waals surface area contributed by atoms with Crippen molar-refractivity contribution in [3.05, 3.63) is 29.8 Å². The summed E-state index contributed by atoms with van der Waals surface area (Å²) in [6.07, 6.45) is -0.534. The number of rotatable bonds is 10. The maximum atomic E-state index is 12.2. The molecule has 7 N–H and O–H groups in total. The van der Waals surface area contributed by atoms with Crippen LogP contribution in [0.3, 0.4) is 0 Å². The number of ether oxygens (including phenoxy) is 1. The van der Waals surface area contributed by atoms with E-state index < -0.39 is 36.1 Å². The van der Waals surface area contributed by atoms with Crippen molar-refractivity contribution in [3.63, 3.8) is 0 Å². The lowest BCUT2D eigenvalue weighted by molar-refractivity contribution is -0.139. The minimum Gasteiger partial charge on any atom is -0.481 e. The van der Waals surface area contributed by atoms with E-state index >= 15 is 0 Å². The number of carbonyl (C=O) groups is 4. The van der Waals surface area contributed by atoms with Crippen molar-refractivity contribution in [2.24, 2.45) is 15.7 Å². The van der Waals surface area contributed by atoms with Crippen LogP contribution in [0.2, 0.25) is 0 Å². The Hall–Kier alpha value is -4.20. The number of nitrogens with zero attached hydrogens (tertiary/aromatic N) is 3. The zero-order valence-electron chi connectivity index (χ0n) is 18.9. The molecule has 2 aliphatic heterocycles. The number of carboxylic acids is 2. The number of aliphatic imine (C=N–C) groups is 2. The molecule has 0 saturated carbocycles. The SMILES string of the molecule is COC(=NC(CCC(=O)O)C(=O)O)c1ccc(NCC2CN(C=O)C3C(=O)NC(N)=NC3N2)cc1. The van der Waals surface area contributed by atoms with Gasteiger partial charge in [0.1, 0.15) is 12.2 Å². The number of aliphatic carboxylic acids is 2. The molecule has 2 aliphatic rings. The fourth-order valence-electron chi connectivity index (χ4n) is 3.81. The first kappa shape index (κ1) is 25.4. The molecule has 2 heterocycles. The molecule has 0 aromatic heterocycles. The number of fused-ring (bicyclic) bond motifs is 1. The monoisotopic (exact) mass is 489 g/mol. The molecule has 1 aromatic carbocycles. The average Bonchev–Trinajstić information content (AvgIpc) is 2.82. The van der Waals surface area contributed by atoms with Crippen molar-refractivity contribution in [3.8, 4) is 0 Å². The average molecular weight is 489 g/mol. The van der Waals surface area contributed by atoms with Crippen LogP contribution in [0.25, 0.3) is 0 Å². The summed E-state index contributed by atoms with van der Waals surface area (Å²) in [5, 5.41) is 27.0. The normalized spacial score (nSPS) is 22.8. The van der Waals surface area contributed by atoms with Gasteiger partial charge in [-0.3, -0.25) is 25.0 Å². The lowest BCUT2D eigenvalue weighted by Gasteiger charge is -2.43. The van der Waals surface area contributed by atoms with Gasteiger partial charge in [0, 0.05) is 36.8 Å². The van der Waals surface area contributed by atoms with Crippen LogP contribution in [0.1, 0.15) is 18.4 Å². The Bertz CT molecular complexity index is 1030. The molecule has 0 spiro atoms. The molecular formula is C21H27N7O7. The van der Waals surface area contributed by atoms with Crippen LogP contribution in [0.15, 0.2) is 34.3 Å². The molecular weight excluding hydrogens is 462 g/mol. The van der Waals surface area contributed by atoms with Crippen LogP contribution in [-0.2, 0) is 23.9 Å². The summed E-state index contributed by atoms with van der Waals surface area (Å²) < 4.78 is 5.23. The minimum absolute atomic E-state index is 0.0116. The Kier molecular flexibility index (Phi) is 8.20. The largest absolute Gasteiger partial charge is 0.481 e. The van der Waals surface area contributed by atoms with Crippen molar-refractivity contribution in [1.82, 2.24) is 15.5 Å². The first-order chi connectivity index (χ1) is 16.7.